The highest BCUT2D eigenvalue weighted by Crippen LogP contribution is 2.25. The second-order valence-corrected chi connectivity index (χ2v) is 6.17. The summed E-state index contributed by atoms with van der Waals surface area (Å²) in [4.78, 5) is 26.0. The number of aromatic nitrogens is 4. The lowest BCUT2D eigenvalue weighted by atomic mass is 9.97. The van der Waals surface area contributed by atoms with Crippen molar-refractivity contribution >= 4 is 11.8 Å². The molecule has 4 heterocycles. The minimum Gasteiger partial charge on any atom is -0.481 e. The zero-order valence-corrected chi connectivity index (χ0v) is 13.9. The molecule has 4 rings (SSSR count). The van der Waals surface area contributed by atoms with Gasteiger partial charge in [0.25, 0.3) is 5.89 Å². The summed E-state index contributed by atoms with van der Waals surface area (Å²) in [6.07, 6.45) is 6.33. The number of hydrogen-bond donors (Lipinski definition) is 1. The number of aliphatic carboxylic acids is 1. The maximum atomic E-state index is 11.0. The maximum absolute atomic E-state index is 11.0. The van der Waals surface area contributed by atoms with Gasteiger partial charge >= 0.3 is 5.97 Å². The zero-order chi connectivity index (χ0) is 17.9. The van der Waals surface area contributed by atoms with Crippen LogP contribution in [0.15, 0.2) is 47.4 Å². The Hall–Kier alpha value is -3.29. The molecule has 1 aliphatic heterocycles. The molecule has 0 radical (unpaired) electrons. The Balaban J connectivity index is 1.47. The van der Waals surface area contributed by atoms with Gasteiger partial charge < -0.3 is 14.5 Å². The highest BCUT2D eigenvalue weighted by Gasteiger charge is 2.25. The van der Waals surface area contributed by atoms with Crippen LogP contribution in [-0.4, -0.2) is 44.3 Å². The molecule has 26 heavy (non-hydrogen) atoms. The quantitative estimate of drug-likeness (QED) is 0.764. The second-order valence-electron chi connectivity index (χ2n) is 6.17. The average Bonchev–Trinajstić information content (AvgIpc) is 3.19. The molecule has 0 bridgehead atoms. The summed E-state index contributed by atoms with van der Waals surface area (Å²) in [5.41, 5.74) is 1.52. The molecule has 8 heteroatoms. The van der Waals surface area contributed by atoms with Crippen LogP contribution in [0, 0.1) is 5.92 Å². The normalized spacial score (nSPS) is 15.2. The van der Waals surface area contributed by atoms with Gasteiger partial charge in [-0.05, 0) is 37.1 Å². The number of hydrogen-bond acceptors (Lipinski definition) is 7. The largest absolute Gasteiger partial charge is 0.481 e. The standard InChI is InChI=1S/C18H17N5O3/c24-18(25)12-5-8-23(9-6-12)15-4-3-14(11-20-15)17-21-16(22-26-17)13-2-1-7-19-10-13/h1-4,7,10-12H,5-6,8-9H2,(H,24,25). The number of piperidine rings is 1. The third-order valence-corrected chi connectivity index (χ3v) is 4.51. The number of pyridine rings is 2. The fourth-order valence-corrected chi connectivity index (χ4v) is 3.01. The molecule has 8 nitrogen and oxygen atoms in total. The third kappa shape index (κ3) is 3.26. The molecular weight excluding hydrogens is 334 g/mol. The predicted octanol–water partition coefficient (Wildman–Crippen LogP) is 2.49. The fourth-order valence-electron chi connectivity index (χ4n) is 3.01. The minimum atomic E-state index is -0.714. The van der Waals surface area contributed by atoms with E-state index in [1.807, 2.05) is 24.3 Å². The van der Waals surface area contributed by atoms with Gasteiger partial charge in [0.15, 0.2) is 0 Å². The maximum Gasteiger partial charge on any atom is 0.306 e. The minimum absolute atomic E-state index is 0.255. The number of carbonyl (C=O) groups is 1. The van der Waals surface area contributed by atoms with Gasteiger partial charge in [0.1, 0.15) is 5.82 Å². The van der Waals surface area contributed by atoms with E-state index < -0.39 is 5.97 Å². The van der Waals surface area contributed by atoms with Crippen molar-refractivity contribution in [3.05, 3.63) is 42.9 Å². The Morgan fingerprint density at radius 2 is 2.00 bits per heavy atom. The Labute approximate surface area is 149 Å². The lowest BCUT2D eigenvalue weighted by molar-refractivity contribution is -0.142. The van der Waals surface area contributed by atoms with Crippen molar-refractivity contribution in [3.8, 4) is 22.8 Å². The van der Waals surface area contributed by atoms with E-state index in [1.54, 1.807) is 18.6 Å². The molecule has 0 spiro atoms. The van der Waals surface area contributed by atoms with Gasteiger partial charge in [-0.3, -0.25) is 9.78 Å². The van der Waals surface area contributed by atoms with Crippen molar-refractivity contribution in [2.45, 2.75) is 12.8 Å². The second kappa shape index (κ2) is 6.91. The Morgan fingerprint density at radius 3 is 2.65 bits per heavy atom. The number of carboxylic acids is 1. The fraction of sp³-hybridized carbons (Fsp3) is 0.278. The zero-order valence-electron chi connectivity index (χ0n) is 13.9. The predicted molar refractivity (Wildman–Crippen MR) is 93.3 cm³/mol. The average molecular weight is 351 g/mol. The number of carboxylic acid groups (broad SMARTS) is 1. The number of anilines is 1. The van der Waals surface area contributed by atoms with Crippen LogP contribution in [0.25, 0.3) is 22.8 Å². The summed E-state index contributed by atoms with van der Waals surface area (Å²) in [6.45, 7) is 1.38. The lowest BCUT2D eigenvalue weighted by Gasteiger charge is -2.30. The van der Waals surface area contributed by atoms with Gasteiger partial charge in [-0.25, -0.2) is 4.98 Å². The summed E-state index contributed by atoms with van der Waals surface area (Å²) < 4.78 is 5.32. The van der Waals surface area contributed by atoms with E-state index in [9.17, 15) is 4.79 Å². The molecular formula is C18H17N5O3. The van der Waals surface area contributed by atoms with Crippen LogP contribution in [0.5, 0.6) is 0 Å². The summed E-state index contributed by atoms with van der Waals surface area (Å²) in [5.74, 6) is 0.730. The van der Waals surface area contributed by atoms with Crippen molar-refractivity contribution in [2.75, 3.05) is 18.0 Å². The first-order chi connectivity index (χ1) is 12.7. The van der Waals surface area contributed by atoms with Gasteiger partial charge in [-0.2, -0.15) is 4.98 Å². The van der Waals surface area contributed by atoms with Crippen molar-refractivity contribution in [1.29, 1.82) is 0 Å². The Bertz CT molecular complexity index is 887. The highest BCUT2D eigenvalue weighted by molar-refractivity contribution is 5.70. The first kappa shape index (κ1) is 16.2. The smallest absolute Gasteiger partial charge is 0.306 e. The molecule has 3 aromatic rings. The van der Waals surface area contributed by atoms with E-state index in [-0.39, 0.29) is 5.92 Å². The van der Waals surface area contributed by atoms with Gasteiger partial charge in [0.2, 0.25) is 5.82 Å². The summed E-state index contributed by atoms with van der Waals surface area (Å²) >= 11 is 0. The van der Waals surface area contributed by atoms with Gasteiger partial charge in [0.05, 0.1) is 11.5 Å². The molecule has 0 atom stereocenters. The highest BCUT2D eigenvalue weighted by atomic mass is 16.5. The SMILES string of the molecule is O=C(O)C1CCN(c2ccc(-c3nc(-c4cccnc4)no3)cn2)CC1. The molecule has 132 valence electrons. The van der Waals surface area contributed by atoms with E-state index in [0.29, 0.717) is 37.6 Å². The van der Waals surface area contributed by atoms with E-state index in [1.165, 1.54) is 0 Å². The van der Waals surface area contributed by atoms with E-state index in [4.69, 9.17) is 9.63 Å². The molecule has 0 unspecified atom stereocenters. The van der Waals surface area contributed by atoms with E-state index in [0.717, 1.165) is 16.9 Å². The molecule has 0 aliphatic carbocycles. The Morgan fingerprint density at radius 1 is 1.15 bits per heavy atom. The number of rotatable bonds is 4. The first-order valence-electron chi connectivity index (χ1n) is 8.39. The molecule has 0 saturated carbocycles. The van der Waals surface area contributed by atoms with Crippen LogP contribution in [-0.2, 0) is 4.79 Å². The van der Waals surface area contributed by atoms with E-state index in [2.05, 4.69) is 25.0 Å². The lowest BCUT2D eigenvalue weighted by Crippen LogP contribution is -2.36. The molecule has 1 aliphatic rings. The third-order valence-electron chi connectivity index (χ3n) is 4.51. The van der Waals surface area contributed by atoms with E-state index >= 15 is 0 Å². The van der Waals surface area contributed by atoms with Crippen LogP contribution in [0.4, 0.5) is 5.82 Å². The van der Waals surface area contributed by atoms with Crippen molar-refractivity contribution in [1.82, 2.24) is 20.1 Å². The molecule has 0 aromatic carbocycles. The van der Waals surface area contributed by atoms with Gasteiger partial charge in [0, 0.05) is 37.2 Å². The van der Waals surface area contributed by atoms with Crippen molar-refractivity contribution < 1.29 is 14.4 Å². The molecule has 0 amide bonds. The topological polar surface area (TPSA) is 105 Å². The number of nitrogens with zero attached hydrogens (tertiary/aromatic N) is 5. The van der Waals surface area contributed by atoms with Crippen LogP contribution in [0.1, 0.15) is 12.8 Å². The van der Waals surface area contributed by atoms with Crippen LogP contribution >= 0.6 is 0 Å². The first-order valence-corrected chi connectivity index (χ1v) is 8.39. The van der Waals surface area contributed by atoms with Crippen LogP contribution in [0.3, 0.4) is 0 Å². The molecule has 1 N–H and O–H groups in total. The van der Waals surface area contributed by atoms with Crippen molar-refractivity contribution in [2.24, 2.45) is 5.92 Å². The van der Waals surface area contributed by atoms with Crippen molar-refractivity contribution in [3.63, 3.8) is 0 Å². The monoisotopic (exact) mass is 351 g/mol. The summed E-state index contributed by atoms with van der Waals surface area (Å²) in [5, 5.41) is 13.1. The summed E-state index contributed by atoms with van der Waals surface area (Å²) in [7, 11) is 0. The molecule has 3 aromatic heterocycles. The molecule has 1 fully saturated rings. The molecule has 1 saturated heterocycles. The van der Waals surface area contributed by atoms with Gasteiger partial charge in [-0.1, -0.05) is 5.16 Å². The summed E-state index contributed by atoms with van der Waals surface area (Å²) in [6, 6.07) is 7.45. The van der Waals surface area contributed by atoms with Gasteiger partial charge in [-0.15, -0.1) is 0 Å². The van der Waals surface area contributed by atoms with Crippen LogP contribution < -0.4 is 4.90 Å². The Kier molecular flexibility index (Phi) is 4.30. The van der Waals surface area contributed by atoms with Crippen LogP contribution in [0.2, 0.25) is 0 Å².